The first-order valence-electron chi connectivity index (χ1n) is 6.66. The molecule has 112 valence electrons. The molecule has 0 N–H and O–H groups in total. The third-order valence-corrected chi connectivity index (χ3v) is 2.59. The molecule has 0 aliphatic carbocycles. The highest BCUT2D eigenvalue weighted by Gasteiger charge is 2.27. The number of hydrogen-bond donors (Lipinski definition) is 0. The van der Waals surface area contributed by atoms with Crippen LogP contribution in [-0.2, 0) is 19.1 Å². The van der Waals surface area contributed by atoms with Gasteiger partial charge in [0, 0.05) is 0 Å². The zero-order chi connectivity index (χ0) is 15.1. The number of carbonyl (C=O) groups excluding carboxylic acids is 2. The zero-order valence-corrected chi connectivity index (χ0v) is 12.5. The average molecular weight is 276 g/mol. The van der Waals surface area contributed by atoms with E-state index in [-0.39, 0.29) is 18.5 Å². The molecule has 0 amide bonds. The monoisotopic (exact) mass is 276 g/mol. The highest BCUT2D eigenvalue weighted by molar-refractivity contribution is 5.76. The topological polar surface area (TPSA) is 52.6 Å². The van der Waals surface area contributed by atoms with Gasteiger partial charge in [-0.2, -0.15) is 0 Å². The van der Waals surface area contributed by atoms with Gasteiger partial charge in [0.1, 0.15) is 18.9 Å². The Morgan fingerprint density at radius 1 is 1.21 bits per heavy atom. The molecule has 0 aromatic rings. The lowest BCUT2D eigenvalue weighted by molar-refractivity contribution is -0.161. The molecule has 5 heteroatoms. The van der Waals surface area contributed by atoms with Crippen molar-refractivity contribution < 1.29 is 23.5 Å². The Hall–Kier alpha value is -1.13. The van der Waals surface area contributed by atoms with Gasteiger partial charge in [0.25, 0.3) is 0 Å². The SMILES string of the molecule is CCC(CC(C)C(=O)OC(C)(C)C)C(=O)OCCF. The molecule has 19 heavy (non-hydrogen) atoms. The number of ether oxygens (including phenoxy) is 2. The maximum atomic E-state index is 11.9. The first-order chi connectivity index (χ1) is 8.71. The van der Waals surface area contributed by atoms with E-state index >= 15 is 0 Å². The van der Waals surface area contributed by atoms with Crippen molar-refractivity contribution >= 4 is 11.9 Å². The molecule has 0 aliphatic heterocycles. The Morgan fingerprint density at radius 2 is 1.79 bits per heavy atom. The van der Waals surface area contributed by atoms with Crippen LogP contribution in [0.15, 0.2) is 0 Å². The van der Waals surface area contributed by atoms with Gasteiger partial charge < -0.3 is 9.47 Å². The molecule has 0 aliphatic rings. The van der Waals surface area contributed by atoms with Crippen LogP contribution in [0.25, 0.3) is 0 Å². The summed E-state index contributed by atoms with van der Waals surface area (Å²) >= 11 is 0. The fourth-order valence-electron chi connectivity index (χ4n) is 1.61. The van der Waals surface area contributed by atoms with Gasteiger partial charge in [0.05, 0.1) is 11.8 Å². The zero-order valence-electron chi connectivity index (χ0n) is 12.5. The van der Waals surface area contributed by atoms with Gasteiger partial charge >= 0.3 is 11.9 Å². The van der Waals surface area contributed by atoms with Crippen LogP contribution in [-0.4, -0.2) is 30.8 Å². The Morgan fingerprint density at radius 3 is 2.21 bits per heavy atom. The lowest BCUT2D eigenvalue weighted by Crippen LogP contribution is -2.30. The summed E-state index contributed by atoms with van der Waals surface area (Å²) in [5, 5.41) is 0. The maximum Gasteiger partial charge on any atom is 0.309 e. The van der Waals surface area contributed by atoms with Crippen molar-refractivity contribution in [1.29, 1.82) is 0 Å². The molecule has 2 atom stereocenters. The summed E-state index contributed by atoms with van der Waals surface area (Å²) in [5.74, 6) is -1.56. The van der Waals surface area contributed by atoms with Crippen molar-refractivity contribution in [2.75, 3.05) is 13.3 Å². The van der Waals surface area contributed by atoms with Crippen molar-refractivity contribution in [3.05, 3.63) is 0 Å². The second-order valence-corrected chi connectivity index (χ2v) is 5.63. The van der Waals surface area contributed by atoms with E-state index in [9.17, 15) is 14.0 Å². The van der Waals surface area contributed by atoms with E-state index in [0.29, 0.717) is 12.8 Å². The van der Waals surface area contributed by atoms with Crippen molar-refractivity contribution in [2.45, 2.75) is 53.1 Å². The number of rotatable bonds is 7. The van der Waals surface area contributed by atoms with E-state index in [2.05, 4.69) is 0 Å². The fraction of sp³-hybridized carbons (Fsp3) is 0.857. The molecule has 2 unspecified atom stereocenters. The summed E-state index contributed by atoms with van der Waals surface area (Å²) in [6.45, 7) is 8.03. The van der Waals surface area contributed by atoms with Gasteiger partial charge in [0.2, 0.25) is 0 Å². The Labute approximate surface area is 114 Å². The molecule has 0 heterocycles. The number of carbonyl (C=O) groups is 2. The summed E-state index contributed by atoms with van der Waals surface area (Å²) in [6, 6.07) is 0. The summed E-state index contributed by atoms with van der Waals surface area (Å²) in [7, 11) is 0. The van der Waals surface area contributed by atoms with Crippen molar-refractivity contribution in [2.24, 2.45) is 11.8 Å². The molecule has 0 aromatic heterocycles. The van der Waals surface area contributed by atoms with Crippen LogP contribution in [0, 0.1) is 11.8 Å². The quantitative estimate of drug-likeness (QED) is 0.671. The van der Waals surface area contributed by atoms with Gasteiger partial charge in [-0.15, -0.1) is 0 Å². The Balaban J connectivity index is 4.37. The first-order valence-corrected chi connectivity index (χ1v) is 6.66. The van der Waals surface area contributed by atoms with Crippen LogP contribution in [0.3, 0.4) is 0 Å². The van der Waals surface area contributed by atoms with Crippen LogP contribution < -0.4 is 0 Å². The van der Waals surface area contributed by atoms with Crippen LogP contribution in [0.1, 0.15) is 47.5 Å². The van der Waals surface area contributed by atoms with Crippen LogP contribution >= 0.6 is 0 Å². The van der Waals surface area contributed by atoms with Crippen LogP contribution in [0.4, 0.5) is 4.39 Å². The molecule has 4 nitrogen and oxygen atoms in total. The molecular weight excluding hydrogens is 251 g/mol. The van der Waals surface area contributed by atoms with Crippen LogP contribution in [0.2, 0.25) is 0 Å². The number of esters is 2. The Kier molecular flexibility index (Phi) is 7.64. The minimum absolute atomic E-state index is 0.226. The molecule has 0 fully saturated rings. The van der Waals surface area contributed by atoms with E-state index in [1.165, 1.54) is 0 Å². The molecule has 0 rings (SSSR count). The molecule has 0 spiro atoms. The van der Waals surface area contributed by atoms with Crippen molar-refractivity contribution in [3.63, 3.8) is 0 Å². The van der Waals surface area contributed by atoms with E-state index in [1.807, 2.05) is 6.92 Å². The van der Waals surface area contributed by atoms with E-state index in [1.54, 1.807) is 27.7 Å². The number of alkyl halides is 1. The van der Waals surface area contributed by atoms with Gasteiger partial charge in [-0.1, -0.05) is 13.8 Å². The standard InChI is InChI=1S/C14H25FO4/c1-6-11(13(17)18-8-7-15)9-10(2)12(16)19-14(3,4)5/h10-11H,6-9H2,1-5H3. The largest absolute Gasteiger partial charge is 0.463 e. The van der Waals surface area contributed by atoms with Gasteiger partial charge in [0.15, 0.2) is 0 Å². The first kappa shape index (κ1) is 17.9. The average Bonchev–Trinajstić information content (AvgIpc) is 2.30. The maximum absolute atomic E-state index is 11.9. The van der Waals surface area contributed by atoms with E-state index in [0.717, 1.165) is 0 Å². The summed E-state index contributed by atoms with van der Waals surface area (Å²) in [6.07, 6.45) is 0.911. The number of hydrogen-bond acceptors (Lipinski definition) is 4. The van der Waals surface area contributed by atoms with Gasteiger partial charge in [-0.05, 0) is 33.6 Å². The normalized spacial score (nSPS) is 14.6. The molecule has 0 bridgehead atoms. The minimum Gasteiger partial charge on any atom is -0.463 e. The van der Waals surface area contributed by atoms with Gasteiger partial charge in [-0.25, -0.2) is 4.39 Å². The molecule has 0 saturated carbocycles. The minimum atomic E-state index is -0.691. The van der Waals surface area contributed by atoms with Gasteiger partial charge in [-0.3, -0.25) is 9.59 Å². The molecule has 0 saturated heterocycles. The predicted octanol–water partition coefficient (Wildman–Crippen LogP) is 2.89. The smallest absolute Gasteiger partial charge is 0.309 e. The predicted molar refractivity (Wildman–Crippen MR) is 70.3 cm³/mol. The molecule has 0 radical (unpaired) electrons. The highest BCUT2D eigenvalue weighted by atomic mass is 19.1. The highest BCUT2D eigenvalue weighted by Crippen LogP contribution is 2.20. The lowest BCUT2D eigenvalue weighted by Gasteiger charge is -2.23. The third kappa shape index (κ3) is 7.80. The second-order valence-electron chi connectivity index (χ2n) is 5.63. The second kappa shape index (κ2) is 8.12. The molecule has 0 aromatic carbocycles. The van der Waals surface area contributed by atoms with Crippen LogP contribution in [0.5, 0.6) is 0 Å². The Bertz CT molecular complexity index is 296. The van der Waals surface area contributed by atoms with Crippen molar-refractivity contribution in [1.82, 2.24) is 0 Å². The molecular formula is C14H25FO4. The third-order valence-electron chi connectivity index (χ3n) is 2.59. The lowest BCUT2D eigenvalue weighted by atomic mass is 9.93. The van der Waals surface area contributed by atoms with E-state index < -0.39 is 24.2 Å². The fourth-order valence-corrected chi connectivity index (χ4v) is 1.61. The summed E-state index contributed by atoms with van der Waals surface area (Å²) < 4.78 is 22.0. The summed E-state index contributed by atoms with van der Waals surface area (Å²) in [4.78, 5) is 23.4. The number of halogens is 1. The van der Waals surface area contributed by atoms with Crippen molar-refractivity contribution in [3.8, 4) is 0 Å². The van der Waals surface area contributed by atoms with E-state index in [4.69, 9.17) is 9.47 Å². The summed E-state index contributed by atoms with van der Waals surface area (Å²) in [5.41, 5.74) is -0.540.